The lowest BCUT2D eigenvalue weighted by atomic mass is 9.88. The van der Waals surface area contributed by atoms with Crippen molar-refractivity contribution in [1.82, 2.24) is 15.5 Å². The average molecular weight is 394 g/mol. The summed E-state index contributed by atoms with van der Waals surface area (Å²) in [7, 11) is 0. The molecular weight excluding hydrogens is 370 g/mol. The van der Waals surface area contributed by atoms with Crippen LogP contribution in [0.25, 0.3) is 0 Å². The Balaban J connectivity index is 1.49. The molecule has 2 aromatic rings. The van der Waals surface area contributed by atoms with E-state index in [9.17, 15) is 4.79 Å². The van der Waals surface area contributed by atoms with Crippen molar-refractivity contribution in [1.29, 1.82) is 0 Å². The topological polar surface area (TPSA) is 54.9 Å². The highest BCUT2D eigenvalue weighted by Gasteiger charge is 2.21. The zero-order valence-corrected chi connectivity index (χ0v) is 17.0. The molecule has 0 aliphatic heterocycles. The molecule has 1 aromatic heterocycles. The molecule has 7 heteroatoms. The fourth-order valence-electron chi connectivity index (χ4n) is 2.82. The van der Waals surface area contributed by atoms with Gasteiger partial charge in [0, 0.05) is 5.75 Å². The predicted octanol–water partition coefficient (Wildman–Crippen LogP) is 4.57. The van der Waals surface area contributed by atoms with E-state index >= 15 is 0 Å². The van der Waals surface area contributed by atoms with Gasteiger partial charge in [0.15, 0.2) is 8.68 Å². The van der Waals surface area contributed by atoms with E-state index < -0.39 is 0 Å². The Labute approximate surface area is 161 Å². The van der Waals surface area contributed by atoms with Gasteiger partial charge in [0.05, 0.1) is 11.8 Å². The first-order valence-corrected chi connectivity index (χ1v) is 11.4. The van der Waals surface area contributed by atoms with Gasteiger partial charge in [-0.15, -0.1) is 10.2 Å². The predicted molar refractivity (Wildman–Crippen MR) is 106 cm³/mol. The summed E-state index contributed by atoms with van der Waals surface area (Å²) >= 11 is 4.78. The van der Waals surface area contributed by atoms with Crippen molar-refractivity contribution in [3.63, 3.8) is 0 Å². The number of aromatic nitrogens is 2. The number of hydrogen-bond donors (Lipinski definition) is 1. The lowest BCUT2D eigenvalue weighted by Gasteiger charge is -2.26. The number of fused-ring (bicyclic) bond motifs is 1. The number of benzene rings is 1. The Kier molecular flexibility index (Phi) is 6.78. The average Bonchev–Trinajstić information content (AvgIpc) is 3.06. The van der Waals surface area contributed by atoms with Gasteiger partial charge in [-0.1, -0.05) is 73.0 Å². The van der Waals surface area contributed by atoms with E-state index in [2.05, 4.69) is 53.6 Å². The van der Waals surface area contributed by atoms with Crippen molar-refractivity contribution >= 4 is 40.8 Å². The number of rotatable bonds is 7. The van der Waals surface area contributed by atoms with Gasteiger partial charge < -0.3 is 5.32 Å². The van der Waals surface area contributed by atoms with E-state index in [1.54, 1.807) is 23.1 Å². The molecule has 1 heterocycles. The zero-order chi connectivity index (χ0) is 17.6. The minimum Gasteiger partial charge on any atom is -0.349 e. The summed E-state index contributed by atoms with van der Waals surface area (Å²) in [6.07, 6.45) is 3.25. The quantitative estimate of drug-likeness (QED) is 0.698. The van der Waals surface area contributed by atoms with Crippen LogP contribution in [0, 0.1) is 5.92 Å². The summed E-state index contributed by atoms with van der Waals surface area (Å²) in [4.78, 5) is 12.3. The first kappa shape index (κ1) is 18.7. The summed E-state index contributed by atoms with van der Waals surface area (Å²) in [6.45, 7) is 4.38. The van der Waals surface area contributed by atoms with Gasteiger partial charge >= 0.3 is 0 Å². The van der Waals surface area contributed by atoms with Crippen molar-refractivity contribution in [2.45, 2.75) is 47.8 Å². The maximum absolute atomic E-state index is 12.3. The van der Waals surface area contributed by atoms with Crippen LogP contribution in [0.5, 0.6) is 0 Å². The Morgan fingerprint density at radius 1 is 1.28 bits per heavy atom. The lowest BCUT2D eigenvalue weighted by molar-refractivity contribution is -0.119. The van der Waals surface area contributed by atoms with E-state index in [0.29, 0.717) is 11.7 Å². The molecule has 0 saturated carbocycles. The van der Waals surface area contributed by atoms with Gasteiger partial charge in [0.1, 0.15) is 0 Å². The highest BCUT2D eigenvalue weighted by molar-refractivity contribution is 8.03. The molecule has 1 amide bonds. The maximum Gasteiger partial charge on any atom is 0.230 e. The number of nitrogens with zero attached hydrogens (tertiary/aromatic N) is 2. The Morgan fingerprint density at radius 3 is 2.84 bits per heavy atom. The monoisotopic (exact) mass is 393 g/mol. The van der Waals surface area contributed by atoms with Crippen molar-refractivity contribution in [3.8, 4) is 0 Å². The summed E-state index contributed by atoms with van der Waals surface area (Å²) in [5, 5.41) is 11.6. The number of aryl methyl sites for hydroxylation is 1. The minimum absolute atomic E-state index is 0.0679. The highest BCUT2D eigenvalue weighted by atomic mass is 32.2. The summed E-state index contributed by atoms with van der Waals surface area (Å²) in [6, 6.07) is 8.57. The molecule has 0 saturated heterocycles. The van der Waals surface area contributed by atoms with Gasteiger partial charge in [-0.05, 0) is 36.3 Å². The van der Waals surface area contributed by atoms with Gasteiger partial charge in [-0.3, -0.25) is 4.79 Å². The number of nitrogens with one attached hydrogen (secondary N) is 1. The van der Waals surface area contributed by atoms with E-state index in [1.807, 2.05) is 0 Å². The standard InChI is InChI=1S/C18H23N3OS3/c1-12(2)10-23-17-20-21-18(25-17)24-11-16(22)19-15-9-5-7-13-6-3-4-8-14(13)15/h3-4,6,8,12,15H,5,7,9-11H2,1-2H3,(H,19,22)/t15-/m1/s1. The molecule has 134 valence electrons. The van der Waals surface area contributed by atoms with Gasteiger partial charge in [-0.25, -0.2) is 0 Å². The Hall–Kier alpha value is -1.05. The SMILES string of the molecule is CC(C)CSc1nnc(SCC(=O)N[C@@H]2CCCc3ccccc32)s1. The maximum atomic E-state index is 12.3. The summed E-state index contributed by atoms with van der Waals surface area (Å²) in [5.74, 6) is 2.13. The molecule has 4 nitrogen and oxygen atoms in total. The molecule has 0 fully saturated rings. The van der Waals surface area contributed by atoms with Crippen molar-refractivity contribution in [2.75, 3.05) is 11.5 Å². The fraction of sp³-hybridized carbons (Fsp3) is 0.500. The first-order chi connectivity index (χ1) is 12.1. The molecule has 3 rings (SSSR count). The Bertz CT molecular complexity index is 717. The van der Waals surface area contributed by atoms with Crippen LogP contribution < -0.4 is 5.32 Å². The second kappa shape index (κ2) is 9.05. The second-order valence-corrected chi connectivity index (χ2v) is 10.0. The van der Waals surface area contributed by atoms with Crippen LogP contribution in [0.3, 0.4) is 0 Å². The van der Waals surface area contributed by atoms with Crippen LogP contribution in [0.15, 0.2) is 32.9 Å². The molecule has 1 aliphatic rings. The zero-order valence-electron chi connectivity index (χ0n) is 14.5. The molecular formula is C18H23N3OS3. The Morgan fingerprint density at radius 2 is 2.04 bits per heavy atom. The van der Waals surface area contributed by atoms with Crippen LogP contribution in [-0.4, -0.2) is 27.6 Å². The number of carbonyl (C=O) groups excluding carboxylic acids is 1. The first-order valence-electron chi connectivity index (χ1n) is 8.58. The van der Waals surface area contributed by atoms with Gasteiger partial charge in [-0.2, -0.15) is 0 Å². The van der Waals surface area contributed by atoms with Crippen LogP contribution in [-0.2, 0) is 11.2 Å². The van der Waals surface area contributed by atoms with Crippen LogP contribution >= 0.6 is 34.9 Å². The molecule has 0 bridgehead atoms. The third-order valence-corrected chi connectivity index (χ3v) is 7.58. The van der Waals surface area contributed by atoms with Crippen LogP contribution in [0.2, 0.25) is 0 Å². The number of thioether (sulfide) groups is 2. The molecule has 0 unspecified atom stereocenters. The normalized spacial score (nSPS) is 16.7. The van der Waals surface area contributed by atoms with Crippen LogP contribution in [0.4, 0.5) is 0 Å². The molecule has 1 atom stereocenters. The third kappa shape index (κ3) is 5.46. The smallest absolute Gasteiger partial charge is 0.230 e. The van der Waals surface area contributed by atoms with E-state index in [0.717, 1.165) is 33.7 Å². The lowest BCUT2D eigenvalue weighted by Crippen LogP contribution is -2.32. The number of amides is 1. The largest absolute Gasteiger partial charge is 0.349 e. The van der Waals surface area contributed by atoms with Crippen molar-refractivity contribution in [2.24, 2.45) is 5.92 Å². The number of carbonyl (C=O) groups is 1. The summed E-state index contributed by atoms with van der Waals surface area (Å²) in [5.41, 5.74) is 2.64. The molecule has 1 aliphatic carbocycles. The van der Waals surface area contributed by atoms with E-state index in [4.69, 9.17) is 0 Å². The number of hydrogen-bond acceptors (Lipinski definition) is 6. The molecule has 25 heavy (non-hydrogen) atoms. The second-order valence-electron chi connectivity index (χ2n) is 6.54. The highest BCUT2D eigenvalue weighted by Crippen LogP contribution is 2.31. The molecule has 1 aromatic carbocycles. The van der Waals surface area contributed by atoms with Gasteiger partial charge in [0.25, 0.3) is 0 Å². The minimum atomic E-state index is 0.0679. The van der Waals surface area contributed by atoms with E-state index in [-0.39, 0.29) is 11.9 Å². The summed E-state index contributed by atoms with van der Waals surface area (Å²) < 4.78 is 1.85. The molecule has 0 spiro atoms. The molecule has 1 N–H and O–H groups in total. The van der Waals surface area contributed by atoms with E-state index in [1.165, 1.54) is 22.9 Å². The van der Waals surface area contributed by atoms with Crippen LogP contribution in [0.1, 0.15) is 43.9 Å². The molecule has 0 radical (unpaired) electrons. The fourth-order valence-corrected chi connectivity index (χ4v) is 5.63. The van der Waals surface area contributed by atoms with Crippen molar-refractivity contribution in [3.05, 3.63) is 35.4 Å². The van der Waals surface area contributed by atoms with Gasteiger partial charge in [0.2, 0.25) is 5.91 Å². The third-order valence-electron chi connectivity index (χ3n) is 3.96. The van der Waals surface area contributed by atoms with Crippen molar-refractivity contribution < 1.29 is 4.79 Å².